The summed E-state index contributed by atoms with van der Waals surface area (Å²) in [6, 6.07) is 8.98. The molecule has 0 unspecified atom stereocenters. The molecule has 0 aliphatic carbocycles. The molecule has 2 aromatic rings. The first-order valence-corrected chi connectivity index (χ1v) is 7.69. The molecule has 0 spiro atoms. The van der Waals surface area contributed by atoms with Gasteiger partial charge in [0.15, 0.2) is 5.82 Å². The minimum absolute atomic E-state index is 0.0156. The fraction of sp³-hybridized carbons (Fsp3) is 0.200. The van der Waals surface area contributed by atoms with Gasteiger partial charge in [0.25, 0.3) is 0 Å². The van der Waals surface area contributed by atoms with Crippen molar-refractivity contribution in [2.45, 2.75) is 13.0 Å². The molecule has 0 aliphatic rings. The molecule has 4 nitrogen and oxygen atoms in total. The van der Waals surface area contributed by atoms with E-state index in [4.69, 9.17) is 34.8 Å². The van der Waals surface area contributed by atoms with Crippen LogP contribution >= 0.6 is 34.8 Å². The fourth-order valence-electron chi connectivity index (χ4n) is 1.82. The molecule has 1 aromatic carbocycles. The van der Waals surface area contributed by atoms with Crippen molar-refractivity contribution in [3.8, 4) is 0 Å². The minimum Gasteiger partial charge on any atom is -0.308 e. The molecule has 22 heavy (non-hydrogen) atoms. The summed E-state index contributed by atoms with van der Waals surface area (Å²) in [7, 11) is 0. The number of amides is 1. The normalized spacial score (nSPS) is 12.0. The van der Waals surface area contributed by atoms with E-state index in [0.29, 0.717) is 15.1 Å². The molecule has 1 atom stereocenters. The van der Waals surface area contributed by atoms with Crippen LogP contribution in [0.4, 0.5) is 5.82 Å². The summed E-state index contributed by atoms with van der Waals surface area (Å²) in [5.41, 5.74) is 1.00. The van der Waals surface area contributed by atoms with Crippen LogP contribution in [-0.2, 0) is 4.79 Å². The van der Waals surface area contributed by atoms with Crippen molar-refractivity contribution in [1.29, 1.82) is 0 Å². The molecule has 1 heterocycles. The van der Waals surface area contributed by atoms with Gasteiger partial charge in [-0.3, -0.25) is 4.79 Å². The lowest BCUT2D eigenvalue weighted by molar-refractivity contribution is -0.115. The first kappa shape index (κ1) is 17.0. The first-order valence-electron chi connectivity index (χ1n) is 6.55. The number of aromatic nitrogens is 1. The van der Waals surface area contributed by atoms with Gasteiger partial charge in [0.2, 0.25) is 5.91 Å². The van der Waals surface area contributed by atoms with Gasteiger partial charge in [0.1, 0.15) is 0 Å². The molecule has 0 radical (unpaired) electrons. The standard InChI is InChI=1S/C15H14Cl3N3O/c1-9(10-3-2-4-11(16)5-10)19-8-14(22)21-15-13(18)6-12(17)7-20-15/h2-7,9,19H,8H2,1H3,(H,20,21,22)/t9-/m0/s1. The lowest BCUT2D eigenvalue weighted by atomic mass is 10.1. The van der Waals surface area contributed by atoms with Crippen molar-refractivity contribution in [3.05, 3.63) is 57.2 Å². The summed E-state index contributed by atoms with van der Waals surface area (Å²) in [4.78, 5) is 15.9. The summed E-state index contributed by atoms with van der Waals surface area (Å²) < 4.78 is 0. The van der Waals surface area contributed by atoms with E-state index in [1.807, 2.05) is 25.1 Å². The second-order valence-electron chi connectivity index (χ2n) is 4.69. The third-order valence-corrected chi connectivity index (χ3v) is 3.71. The van der Waals surface area contributed by atoms with E-state index in [1.54, 1.807) is 6.07 Å². The third kappa shape index (κ3) is 4.85. The minimum atomic E-state index is -0.245. The maximum atomic E-state index is 11.9. The molecule has 0 fully saturated rings. The summed E-state index contributed by atoms with van der Waals surface area (Å²) >= 11 is 17.7. The highest BCUT2D eigenvalue weighted by atomic mass is 35.5. The zero-order chi connectivity index (χ0) is 16.1. The Hall–Kier alpha value is -1.33. The number of halogens is 3. The van der Waals surface area contributed by atoms with Gasteiger partial charge in [-0.25, -0.2) is 4.98 Å². The Morgan fingerprint density at radius 3 is 2.68 bits per heavy atom. The second kappa shape index (κ2) is 7.79. The molecule has 2 rings (SSSR count). The maximum Gasteiger partial charge on any atom is 0.239 e. The van der Waals surface area contributed by atoms with Crippen molar-refractivity contribution in [2.75, 3.05) is 11.9 Å². The molecule has 116 valence electrons. The smallest absolute Gasteiger partial charge is 0.239 e. The Bertz CT molecular complexity index is 679. The van der Waals surface area contributed by atoms with Gasteiger partial charge in [-0.1, -0.05) is 46.9 Å². The number of pyridine rings is 1. The number of carbonyl (C=O) groups is 1. The maximum absolute atomic E-state index is 11.9. The predicted octanol–water partition coefficient (Wildman–Crippen LogP) is 4.33. The van der Waals surface area contributed by atoms with Crippen LogP contribution in [0.15, 0.2) is 36.5 Å². The molecule has 0 aliphatic heterocycles. The lowest BCUT2D eigenvalue weighted by Gasteiger charge is -2.14. The molecule has 7 heteroatoms. The van der Waals surface area contributed by atoms with E-state index < -0.39 is 0 Å². The molecule has 2 N–H and O–H groups in total. The van der Waals surface area contributed by atoms with Gasteiger partial charge in [-0.2, -0.15) is 0 Å². The van der Waals surface area contributed by atoms with Gasteiger partial charge in [-0.05, 0) is 30.7 Å². The van der Waals surface area contributed by atoms with Crippen LogP contribution in [0, 0.1) is 0 Å². The summed E-state index contributed by atoms with van der Waals surface area (Å²) in [6.45, 7) is 2.07. The molecule has 0 saturated heterocycles. The average Bonchev–Trinajstić information content (AvgIpc) is 2.47. The molecule has 1 amide bonds. The van der Waals surface area contributed by atoms with Crippen molar-refractivity contribution in [2.24, 2.45) is 0 Å². The van der Waals surface area contributed by atoms with Gasteiger partial charge in [0, 0.05) is 17.3 Å². The van der Waals surface area contributed by atoms with E-state index in [-0.39, 0.29) is 24.3 Å². The van der Waals surface area contributed by atoms with Gasteiger partial charge < -0.3 is 10.6 Å². The van der Waals surface area contributed by atoms with Gasteiger partial charge >= 0.3 is 0 Å². The van der Waals surface area contributed by atoms with Crippen molar-refractivity contribution in [3.63, 3.8) is 0 Å². The van der Waals surface area contributed by atoms with Crippen molar-refractivity contribution >= 4 is 46.5 Å². The highest BCUT2D eigenvalue weighted by Gasteiger charge is 2.10. The topological polar surface area (TPSA) is 54.0 Å². The Morgan fingerprint density at radius 1 is 1.23 bits per heavy atom. The zero-order valence-electron chi connectivity index (χ0n) is 11.7. The Morgan fingerprint density at radius 2 is 2.00 bits per heavy atom. The van der Waals surface area contributed by atoms with Crippen LogP contribution in [0.25, 0.3) is 0 Å². The number of carbonyl (C=O) groups excluding carboxylic acids is 1. The number of benzene rings is 1. The molecular formula is C15H14Cl3N3O. The molecule has 0 bridgehead atoms. The van der Waals surface area contributed by atoms with Crippen LogP contribution in [0.1, 0.15) is 18.5 Å². The summed E-state index contributed by atoms with van der Waals surface area (Å²) in [6.07, 6.45) is 1.42. The predicted molar refractivity (Wildman–Crippen MR) is 90.8 cm³/mol. The van der Waals surface area contributed by atoms with Crippen molar-refractivity contribution in [1.82, 2.24) is 10.3 Å². The summed E-state index contributed by atoms with van der Waals surface area (Å²) in [5, 5.41) is 7.10. The second-order valence-corrected chi connectivity index (χ2v) is 5.97. The quantitative estimate of drug-likeness (QED) is 0.836. The SMILES string of the molecule is C[C@H](NCC(=O)Nc1ncc(Cl)cc1Cl)c1cccc(Cl)c1. The van der Waals surface area contributed by atoms with E-state index >= 15 is 0 Å². The zero-order valence-corrected chi connectivity index (χ0v) is 14.0. The molecule has 0 saturated carbocycles. The van der Waals surface area contributed by atoms with E-state index in [1.165, 1.54) is 12.3 Å². The molecular weight excluding hydrogens is 345 g/mol. The van der Waals surface area contributed by atoms with E-state index in [0.717, 1.165) is 5.56 Å². The van der Waals surface area contributed by atoms with Crippen molar-refractivity contribution < 1.29 is 4.79 Å². The third-order valence-electron chi connectivity index (χ3n) is 2.98. The monoisotopic (exact) mass is 357 g/mol. The number of hydrogen-bond acceptors (Lipinski definition) is 3. The van der Waals surface area contributed by atoms with Gasteiger partial charge in [-0.15, -0.1) is 0 Å². The Balaban J connectivity index is 1.90. The Labute approximate surface area is 143 Å². The highest BCUT2D eigenvalue weighted by Crippen LogP contribution is 2.22. The largest absolute Gasteiger partial charge is 0.308 e. The Kier molecular flexibility index (Phi) is 6.03. The van der Waals surface area contributed by atoms with E-state index in [2.05, 4.69) is 15.6 Å². The van der Waals surface area contributed by atoms with E-state index in [9.17, 15) is 4.79 Å². The number of hydrogen-bond donors (Lipinski definition) is 2. The molecule has 1 aromatic heterocycles. The van der Waals surface area contributed by atoms with Crippen LogP contribution < -0.4 is 10.6 Å². The van der Waals surface area contributed by atoms with Gasteiger partial charge in [0.05, 0.1) is 16.6 Å². The first-order chi connectivity index (χ1) is 10.5. The van der Waals surface area contributed by atoms with Crippen LogP contribution in [0.5, 0.6) is 0 Å². The number of anilines is 1. The highest BCUT2D eigenvalue weighted by molar-refractivity contribution is 6.36. The number of nitrogens with zero attached hydrogens (tertiary/aromatic N) is 1. The van der Waals surface area contributed by atoms with Crippen LogP contribution in [0.2, 0.25) is 15.1 Å². The number of rotatable bonds is 5. The summed E-state index contributed by atoms with van der Waals surface area (Å²) in [5.74, 6) is 0.0406. The van der Waals surface area contributed by atoms with Crippen LogP contribution in [0.3, 0.4) is 0 Å². The fourth-order valence-corrected chi connectivity index (χ4v) is 2.45. The average molecular weight is 359 g/mol. The van der Waals surface area contributed by atoms with Crippen LogP contribution in [-0.4, -0.2) is 17.4 Å². The number of nitrogens with one attached hydrogen (secondary N) is 2. The lowest BCUT2D eigenvalue weighted by Crippen LogP contribution is -2.30.